The molecule has 1 fully saturated rings. The van der Waals surface area contributed by atoms with Crippen molar-refractivity contribution in [3.8, 4) is 0 Å². The Labute approximate surface area is 113 Å². The van der Waals surface area contributed by atoms with E-state index in [9.17, 15) is 14.4 Å². The fraction of sp³-hybridized carbons (Fsp3) is 0.769. The highest BCUT2D eigenvalue weighted by Gasteiger charge is 2.28. The molecule has 3 amide bonds. The third-order valence-corrected chi connectivity index (χ3v) is 3.55. The van der Waals surface area contributed by atoms with Crippen LogP contribution in [0.5, 0.6) is 0 Å². The van der Waals surface area contributed by atoms with Gasteiger partial charge in [0.2, 0.25) is 17.7 Å². The van der Waals surface area contributed by atoms with Gasteiger partial charge in [0.15, 0.2) is 0 Å². The van der Waals surface area contributed by atoms with Crippen LogP contribution in [0.3, 0.4) is 0 Å². The van der Waals surface area contributed by atoms with Crippen molar-refractivity contribution in [2.45, 2.75) is 45.6 Å². The van der Waals surface area contributed by atoms with Crippen molar-refractivity contribution in [2.75, 3.05) is 13.1 Å². The summed E-state index contributed by atoms with van der Waals surface area (Å²) in [5, 5.41) is 2.71. The minimum absolute atomic E-state index is 0.0415. The smallest absolute Gasteiger partial charge is 0.239 e. The quantitative estimate of drug-likeness (QED) is 0.736. The molecule has 108 valence electrons. The second kappa shape index (κ2) is 7.11. The lowest BCUT2D eigenvalue weighted by atomic mass is 9.95. The molecular weight excluding hydrogens is 246 g/mol. The van der Waals surface area contributed by atoms with Gasteiger partial charge in [0.05, 0.1) is 0 Å². The number of nitrogens with two attached hydrogens (primary N) is 1. The number of carbonyl (C=O) groups excluding carboxylic acids is 3. The van der Waals surface area contributed by atoms with Crippen LogP contribution in [0, 0.1) is 5.92 Å². The molecule has 19 heavy (non-hydrogen) atoms. The summed E-state index contributed by atoms with van der Waals surface area (Å²) in [5.74, 6) is -0.703. The lowest BCUT2D eigenvalue weighted by molar-refractivity contribution is -0.135. The molecule has 1 heterocycles. The highest BCUT2D eigenvalue weighted by Crippen LogP contribution is 2.17. The van der Waals surface area contributed by atoms with Gasteiger partial charge in [-0.05, 0) is 19.3 Å². The van der Waals surface area contributed by atoms with Gasteiger partial charge in [0, 0.05) is 25.9 Å². The van der Waals surface area contributed by atoms with Gasteiger partial charge < -0.3 is 16.0 Å². The predicted octanol–water partition coefficient (Wildman–Crippen LogP) is 0.0151. The van der Waals surface area contributed by atoms with Gasteiger partial charge >= 0.3 is 0 Å². The zero-order valence-corrected chi connectivity index (χ0v) is 11.6. The van der Waals surface area contributed by atoms with Crippen molar-refractivity contribution >= 4 is 17.7 Å². The van der Waals surface area contributed by atoms with Crippen LogP contribution in [0.1, 0.15) is 39.5 Å². The first-order chi connectivity index (χ1) is 8.95. The van der Waals surface area contributed by atoms with Crippen molar-refractivity contribution in [3.05, 3.63) is 0 Å². The van der Waals surface area contributed by atoms with E-state index >= 15 is 0 Å². The number of amides is 3. The van der Waals surface area contributed by atoms with Gasteiger partial charge in [0.1, 0.15) is 6.04 Å². The standard InChI is InChI=1S/C13H23N3O3/c1-3-4-11(12(14)18)15-13(19)10-5-7-16(8-6-10)9(2)17/h10-11H,3-8H2,1-2H3,(H2,14,18)(H,15,19). The number of hydrogen-bond donors (Lipinski definition) is 2. The molecule has 0 aliphatic carbocycles. The van der Waals surface area contributed by atoms with Crippen LogP contribution in [0.25, 0.3) is 0 Å². The Balaban J connectivity index is 2.46. The third kappa shape index (κ3) is 4.54. The van der Waals surface area contributed by atoms with Gasteiger partial charge in [0.25, 0.3) is 0 Å². The summed E-state index contributed by atoms with van der Waals surface area (Å²) >= 11 is 0. The van der Waals surface area contributed by atoms with E-state index in [4.69, 9.17) is 5.73 Å². The highest BCUT2D eigenvalue weighted by atomic mass is 16.2. The van der Waals surface area contributed by atoms with Crippen LogP contribution in [0.4, 0.5) is 0 Å². The molecule has 0 aromatic rings. The lowest BCUT2D eigenvalue weighted by Crippen LogP contribution is -2.49. The Kier molecular flexibility index (Phi) is 5.79. The summed E-state index contributed by atoms with van der Waals surface area (Å²) in [6, 6.07) is -0.580. The molecule has 1 aliphatic rings. The summed E-state index contributed by atoms with van der Waals surface area (Å²) in [5.41, 5.74) is 5.26. The van der Waals surface area contributed by atoms with E-state index in [1.807, 2.05) is 6.92 Å². The van der Waals surface area contributed by atoms with Crippen LogP contribution in [0.2, 0.25) is 0 Å². The Morgan fingerprint density at radius 2 is 1.89 bits per heavy atom. The van der Waals surface area contributed by atoms with Crippen LogP contribution >= 0.6 is 0 Å². The molecule has 1 saturated heterocycles. The third-order valence-electron chi connectivity index (χ3n) is 3.55. The van der Waals surface area contributed by atoms with Gasteiger partial charge in [-0.1, -0.05) is 13.3 Å². The number of piperidine rings is 1. The number of hydrogen-bond acceptors (Lipinski definition) is 3. The van der Waals surface area contributed by atoms with E-state index in [-0.39, 0.29) is 17.7 Å². The molecule has 0 bridgehead atoms. The molecular formula is C13H23N3O3. The van der Waals surface area contributed by atoms with Gasteiger partial charge in [-0.2, -0.15) is 0 Å². The first-order valence-electron chi connectivity index (χ1n) is 6.80. The first kappa shape index (κ1) is 15.5. The summed E-state index contributed by atoms with van der Waals surface area (Å²) in [6.07, 6.45) is 2.63. The molecule has 0 aromatic carbocycles. The second-order valence-corrected chi connectivity index (χ2v) is 5.03. The van der Waals surface area contributed by atoms with E-state index in [1.165, 1.54) is 6.92 Å². The monoisotopic (exact) mass is 269 g/mol. The average Bonchev–Trinajstić information content (AvgIpc) is 2.38. The predicted molar refractivity (Wildman–Crippen MR) is 71.0 cm³/mol. The minimum atomic E-state index is -0.580. The summed E-state index contributed by atoms with van der Waals surface area (Å²) < 4.78 is 0. The highest BCUT2D eigenvalue weighted by molar-refractivity contribution is 5.87. The van der Waals surface area contributed by atoms with Crippen molar-refractivity contribution in [2.24, 2.45) is 11.7 Å². The normalized spacial score (nSPS) is 17.9. The van der Waals surface area contributed by atoms with Crippen molar-refractivity contribution in [1.29, 1.82) is 0 Å². The Bertz CT molecular complexity index is 349. The fourth-order valence-electron chi connectivity index (χ4n) is 2.32. The van der Waals surface area contributed by atoms with Crippen LogP contribution in [-0.4, -0.2) is 41.8 Å². The molecule has 0 aromatic heterocycles. The maximum absolute atomic E-state index is 12.0. The SMILES string of the molecule is CCCC(NC(=O)C1CCN(C(C)=O)CC1)C(N)=O. The van der Waals surface area contributed by atoms with Gasteiger partial charge in [-0.25, -0.2) is 0 Å². The number of nitrogens with one attached hydrogen (secondary N) is 1. The molecule has 6 nitrogen and oxygen atoms in total. The largest absolute Gasteiger partial charge is 0.368 e. The Morgan fingerprint density at radius 1 is 1.32 bits per heavy atom. The Hall–Kier alpha value is -1.59. The van der Waals surface area contributed by atoms with Crippen molar-refractivity contribution in [1.82, 2.24) is 10.2 Å². The lowest BCUT2D eigenvalue weighted by Gasteiger charge is -2.31. The number of nitrogens with zero attached hydrogens (tertiary/aromatic N) is 1. The fourth-order valence-corrected chi connectivity index (χ4v) is 2.32. The molecule has 6 heteroatoms. The van der Waals surface area contributed by atoms with Crippen molar-refractivity contribution in [3.63, 3.8) is 0 Å². The van der Waals surface area contributed by atoms with E-state index in [1.54, 1.807) is 4.90 Å². The number of primary amides is 1. The zero-order valence-electron chi connectivity index (χ0n) is 11.6. The number of likely N-dealkylation sites (tertiary alicyclic amines) is 1. The molecule has 1 aliphatic heterocycles. The zero-order chi connectivity index (χ0) is 14.4. The first-order valence-corrected chi connectivity index (χ1v) is 6.80. The van der Waals surface area contributed by atoms with Crippen LogP contribution < -0.4 is 11.1 Å². The molecule has 0 spiro atoms. The Morgan fingerprint density at radius 3 is 2.32 bits per heavy atom. The van der Waals surface area contributed by atoms with Gasteiger partial charge in [-0.3, -0.25) is 14.4 Å². The van der Waals surface area contributed by atoms with E-state index in [2.05, 4.69) is 5.32 Å². The van der Waals surface area contributed by atoms with Gasteiger partial charge in [-0.15, -0.1) is 0 Å². The average molecular weight is 269 g/mol. The molecule has 0 radical (unpaired) electrons. The molecule has 1 atom stereocenters. The number of rotatable bonds is 5. The molecule has 1 rings (SSSR count). The minimum Gasteiger partial charge on any atom is -0.368 e. The van der Waals surface area contributed by atoms with E-state index < -0.39 is 11.9 Å². The van der Waals surface area contributed by atoms with Crippen molar-refractivity contribution < 1.29 is 14.4 Å². The van der Waals surface area contributed by atoms with E-state index in [0.29, 0.717) is 32.4 Å². The number of carbonyl (C=O) groups is 3. The maximum Gasteiger partial charge on any atom is 0.239 e. The second-order valence-electron chi connectivity index (χ2n) is 5.03. The summed E-state index contributed by atoms with van der Waals surface area (Å²) in [4.78, 5) is 36.2. The summed E-state index contributed by atoms with van der Waals surface area (Å²) in [7, 11) is 0. The topological polar surface area (TPSA) is 92.5 Å². The maximum atomic E-state index is 12.0. The van der Waals surface area contributed by atoms with E-state index in [0.717, 1.165) is 6.42 Å². The molecule has 1 unspecified atom stereocenters. The molecule has 0 saturated carbocycles. The summed E-state index contributed by atoms with van der Waals surface area (Å²) in [6.45, 7) is 4.67. The molecule has 3 N–H and O–H groups in total. The van der Waals surface area contributed by atoms with Crippen LogP contribution in [-0.2, 0) is 14.4 Å². The van der Waals surface area contributed by atoms with Crippen LogP contribution in [0.15, 0.2) is 0 Å².